The van der Waals surface area contributed by atoms with Crippen molar-refractivity contribution in [2.75, 3.05) is 5.32 Å². The van der Waals surface area contributed by atoms with Gasteiger partial charge in [0.1, 0.15) is 5.54 Å². The predicted molar refractivity (Wildman–Crippen MR) is 114 cm³/mol. The zero-order chi connectivity index (χ0) is 20.5. The quantitative estimate of drug-likeness (QED) is 0.705. The highest BCUT2D eigenvalue weighted by Gasteiger charge is 2.61. The van der Waals surface area contributed by atoms with Crippen LogP contribution >= 0.6 is 0 Å². The molecule has 2 atom stereocenters. The topological polar surface area (TPSA) is 58.2 Å². The number of hydrogen-bond acceptors (Lipinski definition) is 2. The number of anilines is 1. The molecular weight excluding hydrogens is 348 g/mol. The van der Waals surface area contributed by atoms with Crippen molar-refractivity contribution in [2.24, 2.45) is 17.3 Å². The molecule has 2 saturated carbocycles. The van der Waals surface area contributed by atoms with E-state index in [-0.39, 0.29) is 29.1 Å². The van der Waals surface area contributed by atoms with Crippen LogP contribution in [0.2, 0.25) is 0 Å². The number of allylic oxidation sites excluding steroid dienone is 2. The van der Waals surface area contributed by atoms with Crippen molar-refractivity contribution in [3.8, 4) is 0 Å². The summed E-state index contributed by atoms with van der Waals surface area (Å²) in [4.78, 5) is 26.5. The van der Waals surface area contributed by atoms with Gasteiger partial charge in [0.15, 0.2) is 0 Å². The maximum absolute atomic E-state index is 13.3. The molecule has 0 heterocycles. The van der Waals surface area contributed by atoms with Crippen LogP contribution < -0.4 is 10.6 Å². The molecule has 0 spiro atoms. The van der Waals surface area contributed by atoms with Crippen molar-refractivity contribution >= 4 is 17.5 Å². The van der Waals surface area contributed by atoms with Gasteiger partial charge < -0.3 is 10.6 Å². The monoisotopic (exact) mass is 382 g/mol. The van der Waals surface area contributed by atoms with Gasteiger partial charge in [0.05, 0.1) is 5.92 Å². The number of benzene rings is 1. The first-order chi connectivity index (χ1) is 13.2. The zero-order valence-corrected chi connectivity index (χ0v) is 17.9. The summed E-state index contributed by atoms with van der Waals surface area (Å²) in [5, 5.41) is 6.30. The molecule has 152 valence electrons. The van der Waals surface area contributed by atoms with Gasteiger partial charge in [-0.2, -0.15) is 0 Å². The van der Waals surface area contributed by atoms with Gasteiger partial charge in [-0.1, -0.05) is 63.0 Å². The molecule has 1 aromatic carbocycles. The van der Waals surface area contributed by atoms with Crippen LogP contribution in [0, 0.1) is 24.2 Å². The maximum atomic E-state index is 13.3. The fourth-order valence-electron chi connectivity index (χ4n) is 4.68. The van der Waals surface area contributed by atoms with E-state index in [2.05, 4.69) is 44.4 Å². The van der Waals surface area contributed by atoms with E-state index in [0.717, 1.165) is 30.5 Å². The van der Waals surface area contributed by atoms with Crippen LogP contribution in [0.15, 0.2) is 35.9 Å². The van der Waals surface area contributed by atoms with Crippen molar-refractivity contribution < 1.29 is 9.59 Å². The molecule has 28 heavy (non-hydrogen) atoms. The maximum Gasteiger partial charge on any atom is 0.250 e. The Morgan fingerprint density at radius 3 is 2.32 bits per heavy atom. The lowest BCUT2D eigenvalue weighted by atomic mass is 9.80. The summed E-state index contributed by atoms with van der Waals surface area (Å²) in [5.41, 5.74) is 2.23. The minimum Gasteiger partial charge on any atom is -0.341 e. The van der Waals surface area contributed by atoms with Crippen LogP contribution in [-0.2, 0) is 9.59 Å². The largest absolute Gasteiger partial charge is 0.341 e. The summed E-state index contributed by atoms with van der Waals surface area (Å²) in [6, 6.07) is 7.78. The van der Waals surface area contributed by atoms with Gasteiger partial charge in [-0.25, -0.2) is 0 Å². The first kappa shape index (κ1) is 20.6. The molecule has 0 unspecified atom stereocenters. The fourth-order valence-corrected chi connectivity index (χ4v) is 4.68. The highest BCUT2D eigenvalue weighted by atomic mass is 16.2. The first-order valence-corrected chi connectivity index (χ1v) is 10.5. The molecule has 2 N–H and O–H groups in total. The van der Waals surface area contributed by atoms with Crippen molar-refractivity contribution in [3.05, 3.63) is 41.5 Å². The fraction of sp³-hybridized carbons (Fsp3) is 0.583. The lowest BCUT2D eigenvalue weighted by Crippen LogP contribution is -2.58. The van der Waals surface area contributed by atoms with Gasteiger partial charge in [-0.3, -0.25) is 9.59 Å². The van der Waals surface area contributed by atoms with E-state index >= 15 is 0 Å². The Bertz CT molecular complexity index is 784. The van der Waals surface area contributed by atoms with Gasteiger partial charge in [0, 0.05) is 5.69 Å². The molecule has 1 aromatic rings. The predicted octanol–water partition coefficient (Wildman–Crippen LogP) is 4.99. The highest BCUT2D eigenvalue weighted by molar-refractivity contribution is 6.01. The smallest absolute Gasteiger partial charge is 0.250 e. The number of para-hydroxylation sites is 1. The van der Waals surface area contributed by atoms with Gasteiger partial charge in [0.25, 0.3) is 0 Å². The number of rotatable bonds is 5. The Hall–Kier alpha value is -2.10. The van der Waals surface area contributed by atoms with Crippen LogP contribution in [0.5, 0.6) is 0 Å². The van der Waals surface area contributed by atoms with Crippen molar-refractivity contribution in [3.63, 3.8) is 0 Å². The number of amides is 2. The van der Waals surface area contributed by atoms with Gasteiger partial charge in [0.2, 0.25) is 11.8 Å². The Kier molecular flexibility index (Phi) is 5.69. The normalized spacial score (nSPS) is 24.8. The molecule has 0 bridgehead atoms. The minimum atomic E-state index is -0.800. The van der Waals surface area contributed by atoms with Crippen molar-refractivity contribution in [1.82, 2.24) is 5.32 Å². The van der Waals surface area contributed by atoms with E-state index in [9.17, 15) is 9.59 Å². The summed E-state index contributed by atoms with van der Waals surface area (Å²) in [7, 11) is 0. The van der Waals surface area contributed by atoms with Crippen molar-refractivity contribution in [1.29, 1.82) is 0 Å². The molecule has 4 nitrogen and oxygen atoms in total. The molecule has 2 aliphatic rings. The molecular formula is C24H34N2O2. The Labute approximate surface area is 169 Å². The van der Waals surface area contributed by atoms with Crippen LogP contribution in [0.4, 0.5) is 5.69 Å². The third kappa shape index (κ3) is 4.01. The summed E-state index contributed by atoms with van der Waals surface area (Å²) in [6.07, 6.45) is 6.66. The van der Waals surface area contributed by atoms with Gasteiger partial charge in [-0.05, 0) is 56.6 Å². The Morgan fingerprint density at radius 2 is 1.71 bits per heavy atom. The number of hydrogen-bond donors (Lipinski definition) is 2. The molecule has 0 aliphatic heterocycles. The molecule has 0 radical (unpaired) electrons. The molecule has 2 aliphatic carbocycles. The van der Waals surface area contributed by atoms with Crippen LogP contribution in [0.25, 0.3) is 0 Å². The van der Waals surface area contributed by atoms with E-state index in [4.69, 9.17) is 0 Å². The molecule has 3 rings (SSSR count). The van der Waals surface area contributed by atoms with E-state index in [1.54, 1.807) is 0 Å². The summed E-state index contributed by atoms with van der Waals surface area (Å²) < 4.78 is 0. The first-order valence-electron chi connectivity index (χ1n) is 10.5. The number of aryl methyl sites for hydroxylation is 1. The summed E-state index contributed by atoms with van der Waals surface area (Å²) >= 11 is 0. The van der Waals surface area contributed by atoms with Crippen molar-refractivity contribution in [2.45, 2.75) is 72.3 Å². The van der Waals surface area contributed by atoms with E-state index < -0.39 is 5.54 Å². The zero-order valence-electron chi connectivity index (χ0n) is 17.9. The number of carbonyl (C=O) groups is 2. The summed E-state index contributed by atoms with van der Waals surface area (Å²) in [6.45, 7) is 10.4. The SMILES string of the molecule is CC(C)=C[C@H]1[C@H](C(=O)NC2(C(=O)Nc3ccccc3C)CCCCC2)C1(C)C. The molecule has 0 aromatic heterocycles. The average Bonchev–Trinajstić information content (AvgIpc) is 3.17. The third-order valence-electron chi connectivity index (χ3n) is 6.60. The average molecular weight is 383 g/mol. The molecule has 4 heteroatoms. The summed E-state index contributed by atoms with van der Waals surface area (Å²) in [5.74, 6) is 0.131. The second-order valence-corrected chi connectivity index (χ2v) is 9.47. The molecule has 2 fully saturated rings. The minimum absolute atomic E-state index is 0.0225. The van der Waals surface area contributed by atoms with E-state index in [1.165, 1.54) is 5.57 Å². The van der Waals surface area contributed by atoms with Crippen LogP contribution in [0.3, 0.4) is 0 Å². The van der Waals surface area contributed by atoms with Gasteiger partial charge in [-0.15, -0.1) is 0 Å². The highest BCUT2D eigenvalue weighted by Crippen LogP contribution is 2.59. The molecule has 2 amide bonds. The van der Waals surface area contributed by atoms with Crippen LogP contribution in [-0.4, -0.2) is 17.4 Å². The Morgan fingerprint density at radius 1 is 1.07 bits per heavy atom. The molecule has 0 saturated heterocycles. The second-order valence-electron chi connectivity index (χ2n) is 9.47. The number of carbonyl (C=O) groups excluding carboxylic acids is 2. The van der Waals surface area contributed by atoms with E-state index in [1.807, 2.05) is 31.2 Å². The Balaban J connectivity index is 1.78. The van der Waals surface area contributed by atoms with Gasteiger partial charge >= 0.3 is 0 Å². The van der Waals surface area contributed by atoms with E-state index in [0.29, 0.717) is 12.8 Å². The lowest BCUT2D eigenvalue weighted by Gasteiger charge is -2.37. The number of nitrogens with one attached hydrogen (secondary N) is 2. The standard InChI is InChI=1S/C24H34N2O2/c1-16(2)15-18-20(23(18,4)5)21(27)26-24(13-9-6-10-14-24)22(28)25-19-12-8-7-11-17(19)3/h7-8,11-12,15,18,20H,6,9-10,13-14H2,1-5H3,(H,25,28)(H,26,27)/t18-,20+/m0/s1. The second kappa shape index (κ2) is 7.73. The van der Waals surface area contributed by atoms with Crippen LogP contribution in [0.1, 0.15) is 65.4 Å². The lowest BCUT2D eigenvalue weighted by molar-refractivity contribution is -0.133. The third-order valence-corrected chi connectivity index (χ3v) is 6.60.